The number of hydrogen-bond acceptors (Lipinski definition) is 3. The second kappa shape index (κ2) is 7.03. The van der Waals surface area contributed by atoms with Crippen LogP contribution in [0, 0.1) is 11.6 Å². The van der Waals surface area contributed by atoms with Gasteiger partial charge in [0.15, 0.2) is 0 Å². The van der Waals surface area contributed by atoms with Crippen LogP contribution in [0.3, 0.4) is 0 Å². The number of nitrogens with one attached hydrogen (secondary N) is 1. The zero-order valence-electron chi connectivity index (χ0n) is 9.70. The molecule has 0 aliphatic carbocycles. The molecule has 0 saturated heterocycles. The summed E-state index contributed by atoms with van der Waals surface area (Å²) >= 11 is 0. The summed E-state index contributed by atoms with van der Waals surface area (Å²) in [5, 5.41) is 20.5. The fraction of sp³-hybridized carbons (Fsp3) is 0.417. The zero-order valence-corrected chi connectivity index (χ0v) is 9.70. The van der Waals surface area contributed by atoms with Crippen LogP contribution in [0.25, 0.3) is 0 Å². The molecule has 1 aromatic rings. The van der Waals surface area contributed by atoms with Gasteiger partial charge in [-0.05, 0) is 30.7 Å². The minimum atomic E-state index is -1.07. The first-order valence-electron chi connectivity index (χ1n) is 5.53. The van der Waals surface area contributed by atoms with Crippen molar-refractivity contribution in [2.24, 2.45) is 0 Å². The van der Waals surface area contributed by atoms with Crippen molar-refractivity contribution in [1.29, 1.82) is 0 Å². The Balaban J connectivity index is 2.27. The average molecular weight is 259 g/mol. The number of hydrogen-bond donors (Lipinski definition) is 3. The molecule has 1 unspecified atom stereocenters. The normalized spacial score (nSPS) is 12.4. The number of rotatable bonds is 7. The van der Waals surface area contributed by atoms with Gasteiger partial charge in [0.05, 0.1) is 12.5 Å². The van der Waals surface area contributed by atoms with Gasteiger partial charge in [0.25, 0.3) is 0 Å². The standard InChI is InChI=1S/C12H15F2NO3/c13-9-3-8(4-10(14)5-9)1-2-15-7-11(16)6-12(17)18/h3-5,11,15-16H,1-2,6-7H2,(H,17,18). The van der Waals surface area contributed by atoms with Gasteiger partial charge in [-0.2, -0.15) is 0 Å². The van der Waals surface area contributed by atoms with Crippen molar-refractivity contribution in [3.8, 4) is 0 Å². The zero-order chi connectivity index (χ0) is 13.5. The summed E-state index contributed by atoms with van der Waals surface area (Å²) in [6.45, 7) is 0.531. The van der Waals surface area contributed by atoms with Crippen LogP contribution in [-0.4, -0.2) is 35.4 Å². The van der Waals surface area contributed by atoms with Crippen LogP contribution in [0.2, 0.25) is 0 Å². The molecule has 0 aliphatic heterocycles. The Morgan fingerprint density at radius 3 is 2.44 bits per heavy atom. The van der Waals surface area contributed by atoms with Gasteiger partial charge >= 0.3 is 5.97 Å². The van der Waals surface area contributed by atoms with Gasteiger partial charge in [0.1, 0.15) is 11.6 Å². The maximum atomic E-state index is 12.8. The Morgan fingerprint density at radius 2 is 1.89 bits per heavy atom. The Bertz CT molecular complexity index is 392. The minimum absolute atomic E-state index is 0.129. The topological polar surface area (TPSA) is 69.6 Å². The van der Waals surface area contributed by atoms with Gasteiger partial charge in [-0.25, -0.2) is 8.78 Å². The van der Waals surface area contributed by atoms with Crippen LogP contribution < -0.4 is 5.32 Å². The molecule has 4 nitrogen and oxygen atoms in total. The molecule has 18 heavy (non-hydrogen) atoms. The lowest BCUT2D eigenvalue weighted by Gasteiger charge is -2.09. The predicted octanol–water partition coefficient (Wildman–Crippen LogP) is 0.932. The average Bonchev–Trinajstić information content (AvgIpc) is 2.22. The summed E-state index contributed by atoms with van der Waals surface area (Å²) in [4.78, 5) is 10.3. The summed E-state index contributed by atoms with van der Waals surface area (Å²) in [7, 11) is 0. The Morgan fingerprint density at radius 1 is 1.28 bits per heavy atom. The number of halogens is 2. The first kappa shape index (κ1) is 14.5. The summed E-state index contributed by atoms with van der Waals surface area (Å²) in [5.74, 6) is -2.33. The van der Waals surface area contributed by atoms with E-state index < -0.39 is 23.7 Å². The second-order valence-electron chi connectivity index (χ2n) is 3.98. The van der Waals surface area contributed by atoms with E-state index in [0.29, 0.717) is 18.5 Å². The summed E-state index contributed by atoms with van der Waals surface area (Å²) in [6.07, 6.45) is -0.900. The third-order valence-electron chi connectivity index (χ3n) is 2.30. The molecule has 100 valence electrons. The predicted molar refractivity (Wildman–Crippen MR) is 61.2 cm³/mol. The van der Waals surface area contributed by atoms with Crippen LogP contribution in [0.1, 0.15) is 12.0 Å². The number of aliphatic hydroxyl groups is 1. The number of carboxylic acid groups (broad SMARTS) is 1. The quantitative estimate of drug-likeness (QED) is 0.637. The van der Waals surface area contributed by atoms with Crippen LogP contribution in [0.5, 0.6) is 0 Å². The first-order chi connectivity index (χ1) is 8.47. The van der Waals surface area contributed by atoms with Crippen molar-refractivity contribution in [3.63, 3.8) is 0 Å². The maximum Gasteiger partial charge on any atom is 0.306 e. The van der Waals surface area contributed by atoms with Crippen molar-refractivity contribution in [1.82, 2.24) is 5.32 Å². The van der Waals surface area contributed by atoms with Crippen LogP contribution in [-0.2, 0) is 11.2 Å². The van der Waals surface area contributed by atoms with Gasteiger partial charge in [0, 0.05) is 12.6 Å². The highest BCUT2D eigenvalue weighted by Crippen LogP contribution is 2.08. The van der Waals surface area contributed by atoms with Gasteiger partial charge in [-0.3, -0.25) is 4.79 Å². The number of benzene rings is 1. The molecule has 0 aromatic heterocycles. The molecule has 0 radical (unpaired) electrons. The third kappa shape index (κ3) is 5.70. The second-order valence-corrected chi connectivity index (χ2v) is 3.98. The van der Waals surface area contributed by atoms with E-state index >= 15 is 0 Å². The molecule has 0 spiro atoms. The summed E-state index contributed by atoms with van der Waals surface area (Å²) in [5.41, 5.74) is 0.507. The van der Waals surface area contributed by atoms with Crippen LogP contribution in [0.15, 0.2) is 18.2 Å². The van der Waals surface area contributed by atoms with Gasteiger partial charge in [-0.1, -0.05) is 0 Å². The Labute approximate surface area is 103 Å². The molecular formula is C12H15F2NO3. The monoisotopic (exact) mass is 259 g/mol. The van der Waals surface area contributed by atoms with Crippen LogP contribution >= 0.6 is 0 Å². The molecule has 0 saturated carbocycles. The Kier molecular flexibility index (Phi) is 5.67. The smallest absolute Gasteiger partial charge is 0.306 e. The number of carboxylic acids is 1. The van der Waals surface area contributed by atoms with Crippen molar-refractivity contribution < 1.29 is 23.8 Å². The third-order valence-corrected chi connectivity index (χ3v) is 2.30. The molecule has 0 aliphatic rings. The van der Waals surface area contributed by atoms with Gasteiger partial charge in [0.2, 0.25) is 0 Å². The lowest BCUT2D eigenvalue weighted by atomic mass is 10.1. The van der Waals surface area contributed by atoms with Crippen molar-refractivity contribution >= 4 is 5.97 Å². The summed E-state index contributed by atoms with van der Waals surface area (Å²) < 4.78 is 25.7. The summed E-state index contributed by atoms with van der Waals surface area (Å²) in [6, 6.07) is 3.27. The highest BCUT2D eigenvalue weighted by Gasteiger charge is 2.08. The molecule has 0 bridgehead atoms. The van der Waals surface area contributed by atoms with E-state index in [4.69, 9.17) is 5.11 Å². The van der Waals surface area contributed by atoms with E-state index in [1.165, 1.54) is 12.1 Å². The molecule has 1 atom stereocenters. The van der Waals surface area contributed by atoms with Crippen molar-refractivity contribution in [3.05, 3.63) is 35.4 Å². The Hall–Kier alpha value is -1.53. The van der Waals surface area contributed by atoms with Crippen molar-refractivity contribution in [2.45, 2.75) is 18.9 Å². The number of aliphatic carboxylic acids is 1. The maximum absolute atomic E-state index is 12.8. The van der Waals surface area contributed by atoms with Crippen LogP contribution in [0.4, 0.5) is 8.78 Å². The fourth-order valence-corrected chi connectivity index (χ4v) is 1.53. The van der Waals surface area contributed by atoms with E-state index in [0.717, 1.165) is 6.07 Å². The minimum Gasteiger partial charge on any atom is -0.481 e. The number of carbonyl (C=O) groups is 1. The van der Waals surface area contributed by atoms with Crippen molar-refractivity contribution in [2.75, 3.05) is 13.1 Å². The lowest BCUT2D eigenvalue weighted by Crippen LogP contribution is -2.30. The van der Waals surface area contributed by atoms with E-state index in [2.05, 4.69) is 5.32 Å². The van der Waals surface area contributed by atoms with E-state index in [1.807, 2.05) is 0 Å². The lowest BCUT2D eigenvalue weighted by molar-refractivity contribution is -0.139. The molecule has 1 rings (SSSR count). The molecule has 0 fully saturated rings. The first-order valence-corrected chi connectivity index (χ1v) is 5.53. The SMILES string of the molecule is O=C(O)CC(O)CNCCc1cc(F)cc(F)c1. The molecule has 1 aromatic carbocycles. The molecule has 0 heterocycles. The van der Waals surface area contributed by atoms with Gasteiger partial charge < -0.3 is 15.5 Å². The van der Waals surface area contributed by atoms with E-state index in [1.54, 1.807) is 0 Å². The molecular weight excluding hydrogens is 244 g/mol. The molecule has 3 N–H and O–H groups in total. The van der Waals surface area contributed by atoms with Gasteiger partial charge in [-0.15, -0.1) is 0 Å². The van der Waals surface area contributed by atoms with E-state index in [9.17, 15) is 18.7 Å². The van der Waals surface area contributed by atoms with E-state index in [-0.39, 0.29) is 13.0 Å². The number of aliphatic hydroxyl groups excluding tert-OH is 1. The highest BCUT2D eigenvalue weighted by molar-refractivity contribution is 5.67. The molecule has 6 heteroatoms. The highest BCUT2D eigenvalue weighted by atomic mass is 19.1. The fourth-order valence-electron chi connectivity index (χ4n) is 1.53. The largest absolute Gasteiger partial charge is 0.481 e. The molecule has 0 amide bonds.